The maximum Gasteiger partial charge on any atom is 0.337 e. The predicted octanol–water partition coefficient (Wildman–Crippen LogP) is 2.17. The first-order valence-electron chi connectivity index (χ1n) is 9.27. The molecule has 10 heteroatoms. The number of aromatic nitrogens is 1. The van der Waals surface area contributed by atoms with Gasteiger partial charge < -0.3 is 23.5 Å². The van der Waals surface area contributed by atoms with Gasteiger partial charge in [0.2, 0.25) is 0 Å². The van der Waals surface area contributed by atoms with Crippen LogP contribution in [-0.4, -0.2) is 49.8 Å². The number of hydrogen-bond acceptors (Lipinski definition) is 8. The number of nitrogens with zero attached hydrogens (tertiary/aromatic N) is 2. The lowest BCUT2D eigenvalue weighted by atomic mass is 10.2. The summed E-state index contributed by atoms with van der Waals surface area (Å²) in [4.78, 5) is 41.2. The molecule has 0 bridgehead atoms. The second kappa shape index (κ2) is 8.60. The molecule has 2 heterocycles. The zero-order valence-electron chi connectivity index (χ0n) is 16.7. The Kier molecular flexibility index (Phi) is 5.72. The van der Waals surface area contributed by atoms with Crippen molar-refractivity contribution < 1.29 is 33.3 Å². The molecule has 1 aromatic heterocycles. The quantitative estimate of drug-likeness (QED) is 0.570. The van der Waals surface area contributed by atoms with Crippen LogP contribution >= 0.6 is 11.3 Å². The normalized spacial score (nSPS) is 13.2. The third-order valence-electron chi connectivity index (χ3n) is 4.61. The number of carbonyl (C=O) groups excluding carboxylic acids is 3. The van der Waals surface area contributed by atoms with E-state index in [0.29, 0.717) is 50.9 Å². The van der Waals surface area contributed by atoms with Gasteiger partial charge in [0.1, 0.15) is 19.8 Å². The minimum Gasteiger partial charge on any atom is -0.486 e. The molecule has 0 N–H and O–H groups in total. The fourth-order valence-corrected chi connectivity index (χ4v) is 4.14. The Balaban J connectivity index is 1.79. The summed E-state index contributed by atoms with van der Waals surface area (Å²) in [6, 6.07) is 9.73. The van der Waals surface area contributed by atoms with Crippen molar-refractivity contribution in [2.24, 2.45) is 4.99 Å². The maximum absolute atomic E-state index is 12.8. The molecular formula is C21H18N2O7S. The van der Waals surface area contributed by atoms with E-state index in [2.05, 4.69) is 4.99 Å². The number of amides is 1. The molecule has 3 aromatic rings. The molecule has 1 aliphatic rings. The number of benzene rings is 2. The first-order valence-corrected chi connectivity index (χ1v) is 10.1. The highest BCUT2D eigenvalue weighted by Crippen LogP contribution is 2.31. The molecule has 0 aliphatic carbocycles. The molecule has 160 valence electrons. The van der Waals surface area contributed by atoms with Crippen LogP contribution < -0.4 is 14.3 Å². The van der Waals surface area contributed by atoms with Crippen molar-refractivity contribution in [3.05, 3.63) is 52.3 Å². The molecule has 0 unspecified atom stereocenters. The number of ether oxygens (including phenoxy) is 4. The van der Waals surface area contributed by atoms with Gasteiger partial charge in [0.25, 0.3) is 5.91 Å². The largest absolute Gasteiger partial charge is 0.486 e. The van der Waals surface area contributed by atoms with Crippen LogP contribution in [0, 0.1) is 0 Å². The Morgan fingerprint density at radius 1 is 1.00 bits per heavy atom. The number of thiazole rings is 1. The Bertz CT molecular complexity index is 1260. The molecule has 0 spiro atoms. The zero-order chi connectivity index (χ0) is 22.0. The van der Waals surface area contributed by atoms with Crippen LogP contribution in [0.1, 0.15) is 20.7 Å². The molecule has 0 atom stereocenters. The van der Waals surface area contributed by atoms with Gasteiger partial charge in [0, 0.05) is 5.56 Å². The molecule has 0 saturated heterocycles. The Morgan fingerprint density at radius 2 is 1.74 bits per heavy atom. The summed E-state index contributed by atoms with van der Waals surface area (Å²) in [7, 11) is 2.58. The molecular weight excluding hydrogens is 424 g/mol. The first-order chi connectivity index (χ1) is 15.0. The third-order valence-corrected chi connectivity index (χ3v) is 5.65. The van der Waals surface area contributed by atoms with Gasteiger partial charge in [-0.3, -0.25) is 9.59 Å². The van der Waals surface area contributed by atoms with Gasteiger partial charge in [0.05, 0.1) is 30.0 Å². The van der Waals surface area contributed by atoms with Gasteiger partial charge in [-0.15, -0.1) is 0 Å². The van der Waals surface area contributed by atoms with Crippen LogP contribution in [0.4, 0.5) is 0 Å². The van der Waals surface area contributed by atoms with Crippen molar-refractivity contribution >= 4 is 39.4 Å². The number of hydrogen-bond donors (Lipinski definition) is 0. The van der Waals surface area contributed by atoms with E-state index in [9.17, 15) is 14.4 Å². The van der Waals surface area contributed by atoms with Crippen molar-refractivity contribution in [1.29, 1.82) is 0 Å². The van der Waals surface area contributed by atoms with E-state index in [1.165, 1.54) is 25.6 Å². The van der Waals surface area contributed by atoms with Gasteiger partial charge in [0.15, 0.2) is 16.3 Å². The summed E-state index contributed by atoms with van der Waals surface area (Å²) in [5, 5.41) is 0. The maximum atomic E-state index is 12.8. The first kappa shape index (κ1) is 20.6. The minimum absolute atomic E-state index is 0.138. The number of esters is 2. The summed E-state index contributed by atoms with van der Waals surface area (Å²) < 4.78 is 22.8. The summed E-state index contributed by atoms with van der Waals surface area (Å²) in [6.07, 6.45) is 0. The van der Waals surface area contributed by atoms with Crippen molar-refractivity contribution in [2.75, 3.05) is 27.4 Å². The van der Waals surface area contributed by atoms with Gasteiger partial charge >= 0.3 is 11.9 Å². The lowest BCUT2D eigenvalue weighted by Crippen LogP contribution is -2.22. The molecule has 0 radical (unpaired) electrons. The zero-order valence-corrected chi connectivity index (χ0v) is 17.6. The highest BCUT2D eigenvalue weighted by Gasteiger charge is 2.17. The van der Waals surface area contributed by atoms with Crippen LogP contribution in [0.5, 0.6) is 11.5 Å². The Morgan fingerprint density at radius 3 is 2.48 bits per heavy atom. The van der Waals surface area contributed by atoms with Crippen molar-refractivity contribution in [2.45, 2.75) is 6.54 Å². The standard InChI is InChI=1S/C21H18N2O7S/c1-27-18(24)11-23-14-5-3-13(20(26)28-2)10-17(14)31-21(23)22-19(25)12-4-6-15-16(9-12)30-8-7-29-15/h3-6,9-10H,7-8,11H2,1-2H3. The monoisotopic (exact) mass is 442 g/mol. The predicted molar refractivity (Wildman–Crippen MR) is 110 cm³/mol. The summed E-state index contributed by atoms with van der Waals surface area (Å²) >= 11 is 1.17. The van der Waals surface area contributed by atoms with Crippen LogP contribution in [0.2, 0.25) is 0 Å². The van der Waals surface area contributed by atoms with Crippen molar-refractivity contribution in [3.8, 4) is 11.5 Å². The van der Waals surface area contributed by atoms with E-state index in [4.69, 9.17) is 18.9 Å². The Hall–Kier alpha value is -3.66. The molecule has 9 nitrogen and oxygen atoms in total. The SMILES string of the molecule is COC(=O)Cn1c(=NC(=O)c2ccc3c(c2)OCCO3)sc2cc(C(=O)OC)ccc21. The number of rotatable bonds is 4. The third kappa shape index (κ3) is 4.15. The van der Waals surface area contributed by atoms with Crippen LogP contribution in [0.15, 0.2) is 41.4 Å². The summed E-state index contributed by atoms with van der Waals surface area (Å²) in [5.41, 5.74) is 1.31. The highest BCUT2D eigenvalue weighted by atomic mass is 32.1. The molecule has 2 aromatic carbocycles. The summed E-state index contributed by atoms with van der Waals surface area (Å²) in [6.45, 7) is 0.717. The van der Waals surface area contributed by atoms with E-state index in [0.717, 1.165) is 0 Å². The van der Waals surface area contributed by atoms with E-state index >= 15 is 0 Å². The molecule has 1 amide bonds. The average Bonchev–Trinajstić information content (AvgIpc) is 3.13. The average molecular weight is 442 g/mol. The fourth-order valence-electron chi connectivity index (χ4n) is 3.08. The Labute approximate surface area is 180 Å². The van der Waals surface area contributed by atoms with E-state index < -0.39 is 17.8 Å². The lowest BCUT2D eigenvalue weighted by Gasteiger charge is -2.18. The topological polar surface area (TPSA) is 105 Å². The van der Waals surface area contributed by atoms with E-state index in [1.807, 2.05) is 0 Å². The summed E-state index contributed by atoms with van der Waals surface area (Å²) in [5.74, 6) is -0.435. The number of methoxy groups -OCH3 is 2. The molecule has 1 aliphatic heterocycles. The van der Waals surface area contributed by atoms with Gasteiger partial charge in [-0.2, -0.15) is 4.99 Å². The molecule has 0 fully saturated rings. The fraction of sp³-hybridized carbons (Fsp3) is 0.238. The van der Waals surface area contributed by atoms with Crippen molar-refractivity contribution in [1.82, 2.24) is 4.57 Å². The minimum atomic E-state index is -0.504. The molecule has 0 saturated carbocycles. The van der Waals surface area contributed by atoms with Crippen molar-refractivity contribution in [3.63, 3.8) is 0 Å². The van der Waals surface area contributed by atoms with Gasteiger partial charge in [-0.05, 0) is 36.4 Å². The lowest BCUT2D eigenvalue weighted by molar-refractivity contribution is -0.141. The van der Waals surface area contributed by atoms with E-state index in [-0.39, 0.29) is 6.54 Å². The highest BCUT2D eigenvalue weighted by molar-refractivity contribution is 7.16. The number of carbonyl (C=O) groups is 3. The van der Waals surface area contributed by atoms with Gasteiger partial charge in [-0.25, -0.2) is 4.79 Å². The number of fused-ring (bicyclic) bond motifs is 2. The van der Waals surface area contributed by atoms with E-state index in [1.54, 1.807) is 41.0 Å². The smallest absolute Gasteiger partial charge is 0.337 e. The van der Waals surface area contributed by atoms with Crippen LogP contribution in [0.25, 0.3) is 10.2 Å². The second-order valence-corrected chi connectivity index (χ2v) is 7.51. The van der Waals surface area contributed by atoms with Crippen LogP contribution in [-0.2, 0) is 20.8 Å². The molecule has 31 heavy (non-hydrogen) atoms. The van der Waals surface area contributed by atoms with Crippen LogP contribution in [0.3, 0.4) is 0 Å². The molecule has 4 rings (SSSR count). The van der Waals surface area contributed by atoms with Gasteiger partial charge in [-0.1, -0.05) is 11.3 Å². The second-order valence-electron chi connectivity index (χ2n) is 6.50.